The van der Waals surface area contributed by atoms with Crippen molar-refractivity contribution < 1.29 is 17.6 Å². The van der Waals surface area contributed by atoms with Crippen molar-refractivity contribution >= 4 is 5.82 Å². The summed E-state index contributed by atoms with van der Waals surface area (Å²) in [6, 6.07) is 8.77. The second-order valence-corrected chi connectivity index (χ2v) is 5.59. The molecule has 1 saturated heterocycles. The van der Waals surface area contributed by atoms with Gasteiger partial charge in [0.15, 0.2) is 11.5 Å². The van der Waals surface area contributed by atoms with Crippen LogP contribution in [0.4, 0.5) is 23.4 Å². The summed E-state index contributed by atoms with van der Waals surface area (Å²) in [6.07, 6.45) is -2.79. The first-order valence-electron chi connectivity index (χ1n) is 7.35. The van der Waals surface area contributed by atoms with E-state index in [1.807, 2.05) is 4.90 Å². The van der Waals surface area contributed by atoms with Crippen LogP contribution < -0.4 is 4.90 Å². The Morgan fingerprint density at radius 2 is 1.57 bits per heavy atom. The first-order valence-corrected chi connectivity index (χ1v) is 7.35. The van der Waals surface area contributed by atoms with Gasteiger partial charge in [-0.15, -0.1) is 10.2 Å². The Morgan fingerprint density at radius 3 is 2.09 bits per heavy atom. The summed E-state index contributed by atoms with van der Waals surface area (Å²) in [6.45, 7) is 1.37. The minimum Gasteiger partial charge on any atom is -0.355 e. The molecule has 1 aliphatic rings. The van der Waals surface area contributed by atoms with Crippen LogP contribution in [-0.4, -0.2) is 23.3 Å². The highest BCUT2D eigenvalue weighted by Crippen LogP contribution is 2.31. The van der Waals surface area contributed by atoms with Gasteiger partial charge in [-0.3, -0.25) is 0 Å². The van der Waals surface area contributed by atoms with Crippen molar-refractivity contribution in [1.82, 2.24) is 10.2 Å². The van der Waals surface area contributed by atoms with Crippen molar-refractivity contribution in [3.8, 4) is 0 Å². The molecule has 3 rings (SSSR count). The lowest BCUT2D eigenvalue weighted by molar-refractivity contribution is -0.141. The highest BCUT2D eigenvalue weighted by Gasteiger charge is 2.33. The van der Waals surface area contributed by atoms with Crippen LogP contribution >= 0.6 is 0 Å². The molecule has 2 aromatic rings. The number of piperidine rings is 1. The van der Waals surface area contributed by atoms with Gasteiger partial charge in [0, 0.05) is 13.1 Å². The van der Waals surface area contributed by atoms with Crippen molar-refractivity contribution in [3.05, 3.63) is 53.5 Å². The molecule has 0 saturated carbocycles. The fourth-order valence-corrected chi connectivity index (χ4v) is 2.82. The molecular formula is C16H15F4N3. The highest BCUT2D eigenvalue weighted by molar-refractivity contribution is 5.39. The summed E-state index contributed by atoms with van der Waals surface area (Å²) in [5.74, 6) is 0.524. The highest BCUT2D eigenvalue weighted by atomic mass is 19.4. The first kappa shape index (κ1) is 15.7. The molecule has 122 valence electrons. The molecule has 0 aliphatic carbocycles. The number of alkyl halides is 3. The van der Waals surface area contributed by atoms with E-state index in [9.17, 15) is 17.6 Å². The molecule has 0 N–H and O–H groups in total. The van der Waals surface area contributed by atoms with E-state index < -0.39 is 11.9 Å². The molecule has 0 unspecified atom stereocenters. The predicted octanol–water partition coefficient (Wildman–Crippen LogP) is 4.02. The maximum Gasteiger partial charge on any atom is 0.435 e. The molecule has 0 bridgehead atoms. The van der Waals surface area contributed by atoms with Gasteiger partial charge in [0.2, 0.25) is 0 Å². The Labute approximate surface area is 131 Å². The van der Waals surface area contributed by atoms with Crippen LogP contribution in [0.1, 0.15) is 30.0 Å². The summed E-state index contributed by atoms with van der Waals surface area (Å²) in [4.78, 5) is 1.92. The number of nitrogens with zero attached hydrogens (tertiary/aromatic N) is 3. The first-order chi connectivity index (χ1) is 10.9. The minimum atomic E-state index is -4.47. The zero-order valence-corrected chi connectivity index (χ0v) is 12.2. The van der Waals surface area contributed by atoms with Gasteiger partial charge < -0.3 is 4.90 Å². The SMILES string of the molecule is Fc1ccc(C2CCN(c3ccc(C(F)(F)F)nn3)CC2)cc1. The predicted molar refractivity (Wildman–Crippen MR) is 77.6 cm³/mol. The molecule has 2 heterocycles. The molecule has 0 atom stereocenters. The van der Waals surface area contributed by atoms with Crippen molar-refractivity contribution in [2.45, 2.75) is 24.9 Å². The monoisotopic (exact) mass is 325 g/mol. The average molecular weight is 325 g/mol. The van der Waals surface area contributed by atoms with Crippen LogP contribution in [-0.2, 0) is 6.18 Å². The molecule has 1 aromatic heterocycles. The lowest BCUT2D eigenvalue weighted by atomic mass is 9.89. The van der Waals surface area contributed by atoms with Gasteiger partial charge in [-0.25, -0.2) is 4.39 Å². The molecular weight excluding hydrogens is 310 g/mol. The Hall–Kier alpha value is -2.18. The summed E-state index contributed by atoms with van der Waals surface area (Å²) in [5.41, 5.74) is 0.104. The summed E-state index contributed by atoms with van der Waals surface area (Å²) < 4.78 is 50.4. The molecule has 1 fully saturated rings. The molecule has 1 aliphatic heterocycles. The summed E-state index contributed by atoms with van der Waals surface area (Å²) in [5, 5.41) is 6.94. The summed E-state index contributed by atoms with van der Waals surface area (Å²) >= 11 is 0. The maximum atomic E-state index is 13.0. The van der Waals surface area contributed by atoms with E-state index in [-0.39, 0.29) is 5.82 Å². The Bertz CT molecular complexity index is 645. The van der Waals surface area contributed by atoms with Gasteiger partial charge in [-0.2, -0.15) is 13.2 Å². The third-order valence-electron chi connectivity index (χ3n) is 4.10. The van der Waals surface area contributed by atoms with Crippen LogP contribution in [0.25, 0.3) is 0 Å². The third kappa shape index (κ3) is 3.60. The normalized spacial score (nSPS) is 16.6. The number of rotatable bonds is 2. The van der Waals surface area contributed by atoms with Gasteiger partial charge in [-0.05, 0) is 48.6 Å². The zero-order valence-electron chi connectivity index (χ0n) is 12.2. The van der Waals surface area contributed by atoms with Gasteiger partial charge in [0.25, 0.3) is 0 Å². The van der Waals surface area contributed by atoms with E-state index in [0.717, 1.165) is 24.5 Å². The standard InChI is InChI=1S/C16H15F4N3/c17-13-3-1-11(2-4-13)12-7-9-23(10-8-12)15-6-5-14(21-22-15)16(18,19)20/h1-6,12H,7-10H2. The lowest BCUT2D eigenvalue weighted by Gasteiger charge is -2.32. The quantitative estimate of drug-likeness (QED) is 0.781. The van der Waals surface area contributed by atoms with Gasteiger partial charge in [0.05, 0.1) is 0 Å². The molecule has 7 heteroatoms. The van der Waals surface area contributed by atoms with E-state index in [1.54, 1.807) is 12.1 Å². The smallest absolute Gasteiger partial charge is 0.355 e. The number of hydrogen-bond donors (Lipinski definition) is 0. The number of benzene rings is 1. The van der Waals surface area contributed by atoms with E-state index >= 15 is 0 Å². The van der Waals surface area contributed by atoms with E-state index in [2.05, 4.69) is 10.2 Å². The van der Waals surface area contributed by atoms with Crippen molar-refractivity contribution in [1.29, 1.82) is 0 Å². The minimum absolute atomic E-state index is 0.258. The molecule has 0 radical (unpaired) electrons. The maximum absolute atomic E-state index is 13.0. The number of anilines is 1. The fraction of sp³-hybridized carbons (Fsp3) is 0.375. The second kappa shape index (κ2) is 6.14. The topological polar surface area (TPSA) is 29.0 Å². The van der Waals surface area contributed by atoms with Gasteiger partial charge in [-0.1, -0.05) is 12.1 Å². The van der Waals surface area contributed by atoms with E-state index in [4.69, 9.17) is 0 Å². The van der Waals surface area contributed by atoms with Gasteiger partial charge in [0.1, 0.15) is 5.82 Å². The molecule has 0 spiro atoms. The Balaban J connectivity index is 1.63. The van der Waals surface area contributed by atoms with E-state index in [1.165, 1.54) is 18.2 Å². The van der Waals surface area contributed by atoms with Crippen LogP contribution in [0.3, 0.4) is 0 Å². The average Bonchev–Trinajstić information content (AvgIpc) is 2.55. The second-order valence-electron chi connectivity index (χ2n) is 5.59. The molecule has 3 nitrogen and oxygen atoms in total. The number of halogens is 4. The Kier molecular flexibility index (Phi) is 4.19. The largest absolute Gasteiger partial charge is 0.435 e. The van der Waals surface area contributed by atoms with Crippen LogP contribution in [0.2, 0.25) is 0 Å². The Morgan fingerprint density at radius 1 is 0.913 bits per heavy atom. The van der Waals surface area contributed by atoms with Crippen molar-refractivity contribution in [2.75, 3.05) is 18.0 Å². The number of hydrogen-bond acceptors (Lipinski definition) is 3. The molecule has 1 aromatic carbocycles. The van der Waals surface area contributed by atoms with Crippen LogP contribution in [0.5, 0.6) is 0 Å². The lowest BCUT2D eigenvalue weighted by Crippen LogP contribution is -2.33. The van der Waals surface area contributed by atoms with Crippen LogP contribution in [0.15, 0.2) is 36.4 Å². The summed E-state index contributed by atoms with van der Waals surface area (Å²) in [7, 11) is 0. The fourth-order valence-electron chi connectivity index (χ4n) is 2.82. The van der Waals surface area contributed by atoms with Crippen LogP contribution in [0, 0.1) is 5.82 Å². The number of aromatic nitrogens is 2. The molecule has 0 amide bonds. The zero-order chi connectivity index (χ0) is 16.4. The van der Waals surface area contributed by atoms with Gasteiger partial charge >= 0.3 is 6.18 Å². The van der Waals surface area contributed by atoms with Crippen molar-refractivity contribution in [3.63, 3.8) is 0 Å². The van der Waals surface area contributed by atoms with Crippen molar-refractivity contribution in [2.24, 2.45) is 0 Å². The van der Waals surface area contributed by atoms with E-state index in [0.29, 0.717) is 24.8 Å². The third-order valence-corrected chi connectivity index (χ3v) is 4.10. The molecule has 23 heavy (non-hydrogen) atoms.